The summed E-state index contributed by atoms with van der Waals surface area (Å²) in [4.78, 5) is 35.6. The molecule has 5 nitrogen and oxygen atoms in total. The molecule has 0 bridgehead atoms. The van der Waals surface area contributed by atoms with Crippen molar-refractivity contribution in [3.63, 3.8) is 0 Å². The maximum Gasteiger partial charge on any atom is 0.230 e. The van der Waals surface area contributed by atoms with Gasteiger partial charge >= 0.3 is 0 Å². The van der Waals surface area contributed by atoms with Gasteiger partial charge in [-0.05, 0) is 18.9 Å². The van der Waals surface area contributed by atoms with Gasteiger partial charge in [0.1, 0.15) is 11.6 Å². The van der Waals surface area contributed by atoms with Gasteiger partial charge < -0.3 is 4.74 Å². The van der Waals surface area contributed by atoms with Gasteiger partial charge in [0.2, 0.25) is 11.8 Å². The fourth-order valence-electron chi connectivity index (χ4n) is 3.16. The molecule has 1 N–H and O–H groups in total. The molecule has 21 heavy (non-hydrogen) atoms. The van der Waals surface area contributed by atoms with Gasteiger partial charge in [-0.25, -0.2) is 4.39 Å². The fourth-order valence-corrected chi connectivity index (χ4v) is 3.16. The van der Waals surface area contributed by atoms with Gasteiger partial charge in [-0.2, -0.15) is 0 Å². The predicted octanol–water partition coefficient (Wildman–Crippen LogP) is 1.24. The van der Waals surface area contributed by atoms with Crippen LogP contribution in [0.5, 0.6) is 5.75 Å². The Bertz CT molecular complexity index is 655. The minimum atomic E-state index is -0.552. The maximum atomic E-state index is 13.5. The van der Waals surface area contributed by atoms with Crippen LogP contribution >= 0.6 is 0 Å². The Morgan fingerprint density at radius 2 is 2.00 bits per heavy atom. The normalized spacial score (nSPS) is 24.8. The number of piperidine rings is 1. The smallest absolute Gasteiger partial charge is 0.230 e. The topological polar surface area (TPSA) is 72.5 Å². The molecule has 1 heterocycles. The largest absolute Gasteiger partial charge is 0.496 e. The number of amides is 2. The van der Waals surface area contributed by atoms with Crippen LogP contribution in [-0.4, -0.2) is 24.7 Å². The van der Waals surface area contributed by atoms with Gasteiger partial charge in [0.15, 0.2) is 5.78 Å². The van der Waals surface area contributed by atoms with Gasteiger partial charge in [-0.1, -0.05) is 0 Å². The first-order valence-electron chi connectivity index (χ1n) is 6.75. The average Bonchev–Trinajstić information content (AvgIpc) is 2.76. The number of fused-ring (bicyclic) bond motifs is 1. The van der Waals surface area contributed by atoms with E-state index >= 15 is 0 Å². The Morgan fingerprint density at radius 3 is 2.67 bits per heavy atom. The van der Waals surface area contributed by atoms with E-state index in [-0.39, 0.29) is 23.7 Å². The Hall–Kier alpha value is -2.24. The summed E-state index contributed by atoms with van der Waals surface area (Å²) in [6, 6.07) is 2.42. The van der Waals surface area contributed by atoms with E-state index in [0.717, 1.165) is 0 Å². The van der Waals surface area contributed by atoms with Crippen molar-refractivity contribution in [2.75, 3.05) is 7.11 Å². The van der Waals surface area contributed by atoms with Gasteiger partial charge in [0, 0.05) is 35.4 Å². The average molecular weight is 291 g/mol. The van der Waals surface area contributed by atoms with Crippen molar-refractivity contribution in [3.05, 3.63) is 29.1 Å². The zero-order valence-corrected chi connectivity index (χ0v) is 11.4. The number of nitrogens with one attached hydrogen (secondary N) is 1. The molecule has 0 aromatic heterocycles. The number of carbonyl (C=O) groups is 3. The van der Waals surface area contributed by atoms with Crippen LogP contribution in [0.3, 0.4) is 0 Å². The van der Waals surface area contributed by atoms with Crippen molar-refractivity contribution in [1.29, 1.82) is 0 Å². The lowest BCUT2D eigenvalue weighted by atomic mass is 9.83. The zero-order chi connectivity index (χ0) is 15.1. The van der Waals surface area contributed by atoms with Crippen molar-refractivity contribution in [3.8, 4) is 5.75 Å². The van der Waals surface area contributed by atoms with E-state index in [2.05, 4.69) is 5.32 Å². The van der Waals surface area contributed by atoms with E-state index in [4.69, 9.17) is 4.74 Å². The predicted molar refractivity (Wildman–Crippen MR) is 70.4 cm³/mol. The van der Waals surface area contributed by atoms with Crippen LogP contribution in [0.2, 0.25) is 0 Å². The summed E-state index contributed by atoms with van der Waals surface area (Å²) < 4.78 is 18.6. The Labute approximate surface area is 120 Å². The van der Waals surface area contributed by atoms with Crippen LogP contribution in [0, 0.1) is 17.7 Å². The molecule has 110 valence electrons. The number of ether oxygens (including phenoxy) is 1. The van der Waals surface area contributed by atoms with Gasteiger partial charge in [-0.3, -0.25) is 19.7 Å². The molecule has 1 saturated heterocycles. The molecule has 1 fully saturated rings. The third-order valence-corrected chi connectivity index (χ3v) is 4.19. The Morgan fingerprint density at radius 1 is 1.24 bits per heavy atom. The standard InChI is InChI=1S/C15H14FNO4/c1-21-12-5-7(16)4-10-9(12)6-11(14(10)19)8-2-3-13(18)17-15(8)20/h4-5,8,11H,2-3,6H2,1H3,(H,17,18,20). The number of hydrogen-bond acceptors (Lipinski definition) is 4. The van der Waals surface area contributed by atoms with Crippen LogP contribution < -0.4 is 10.1 Å². The van der Waals surface area contributed by atoms with E-state index in [1.54, 1.807) is 0 Å². The van der Waals surface area contributed by atoms with Crippen LogP contribution in [0.15, 0.2) is 12.1 Å². The van der Waals surface area contributed by atoms with E-state index in [1.165, 1.54) is 19.2 Å². The number of rotatable bonds is 2. The third-order valence-electron chi connectivity index (χ3n) is 4.19. The third kappa shape index (κ3) is 2.20. The molecule has 0 spiro atoms. The highest BCUT2D eigenvalue weighted by molar-refractivity contribution is 6.07. The minimum absolute atomic E-state index is 0.224. The van der Waals surface area contributed by atoms with E-state index in [0.29, 0.717) is 24.2 Å². The van der Waals surface area contributed by atoms with Gasteiger partial charge in [0.25, 0.3) is 0 Å². The van der Waals surface area contributed by atoms with Crippen molar-refractivity contribution in [2.45, 2.75) is 19.3 Å². The molecule has 0 saturated carbocycles. The van der Waals surface area contributed by atoms with Crippen molar-refractivity contribution in [1.82, 2.24) is 5.32 Å². The highest BCUT2D eigenvalue weighted by atomic mass is 19.1. The summed E-state index contributed by atoms with van der Waals surface area (Å²) in [5.74, 6) is -2.30. The number of carbonyl (C=O) groups excluding carboxylic acids is 3. The lowest BCUT2D eigenvalue weighted by Crippen LogP contribution is -2.44. The number of imide groups is 1. The first-order valence-corrected chi connectivity index (χ1v) is 6.75. The second-order valence-corrected chi connectivity index (χ2v) is 5.37. The van der Waals surface area contributed by atoms with Crippen LogP contribution in [0.4, 0.5) is 4.39 Å². The second kappa shape index (κ2) is 4.95. The molecule has 1 aromatic rings. The van der Waals surface area contributed by atoms with Crippen molar-refractivity contribution >= 4 is 17.6 Å². The number of methoxy groups -OCH3 is 1. The highest BCUT2D eigenvalue weighted by Crippen LogP contribution is 2.39. The molecular weight excluding hydrogens is 277 g/mol. The second-order valence-electron chi connectivity index (χ2n) is 5.37. The van der Waals surface area contributed by atoms with E-state index in [1.807, 2.05) is 0 Å². The SMILES string of the molecule is COc1cc(F)cc2c1CC(C1CCC(=O)NC1=O)C2=O. The van der Waals surface area contributed by atoms with Gasteiger partial charge in [0.05, 0.1) is 7.11 Å². The molecule has 6 heteroatoms. The first-order chi connectivity index (χ1) is 10.0. The molecule has 0 radical (unpaired) electrons. The maximum absolute atomic E-state index is 13.5. The van der Waals surface area contributed by atoms with Crippen molar-refractivity contribution in [2.24, 2.45) is 11.8 Å². The number of benzene rings is 1. The number of ketones is 1. The van der Waals surface area contributed by atoms with Crippen LogP contribution in [-0.2, 0) is 16.0 Å². The van der Waals surface area contributed by atoms with Gasteiger partial charge in [-0.15, -0.1) is 0 Å². The Kier molecular flexibility index (Phi) is 3.23. The monoisotopic (exact) mass is 291 g/mol. The Balaban J connectivity index is 1.93. The lowest BCUT2D eigenvalue weighted by Gasteiger charge is -2.24. The molecule has 2 atom stereocenters. The molecule has 3 rings (SSSR count). The molecule has 1 aliphatic carbocycles. The number of halogens is 1. The van der Waals surface area contributed by atoms with E-state index in [9.17, 15) is 18.8 Å². The molecule has 2 amide bonds. The lowest BCUT2D eigenvalue weighted by molar-refractivity contribution is -0.137. The molecule has 1 aromatic carbocycles. The summed E-state index contributed by atoms with van der Waals surface area (Å²) in [5, 5.41) is 2.26. The fraction of sp³-hybridized carbons (Fsp3) is 0.400. The first kappa shape index (κ1) is 13.7. The molecule has 2 aliphatic rings. The summed E-state index contributed by atoms with van der Waals surface area (Å²) in [7, 11) is 1.42. The molecule has 2 unspecified atom stereocenters. The zero-order valence-electron chi connectivity index (χ0n) is 11.4. The summed E-state index contributed by atoms with van der Waals surface area (Å²) >= 11 is 0. The van der Waals surface area contributed by atoms with Crippen LogP contribution in [0.25, 0.3) is 0 Å². The summed E-state index contributed by atoms with van der Waals surface area (Å²) in [6.45, 7) is 0. The highest BCUT2D eigenvalue weighted by Gasteiger charge is 2.43. The van der Waals surface area contributed by atoms with Crippen LogP contribution in [0.1, 0.15) is 28.8 Å². The minimum Gasteiger partial charge on any atom is -0.496 e. The molecular formula is C15H14FNO4. The van der Waals surface area contributed by atoms with Crippen molar-refractivity contribution < 1.29 is 23.5 Å². The van der Waals surface area contributed by atoms with E-state index < -0.39 is 23.6 Å². The summed E-state index contributed by atoms with van der Waals surface area (Å²) in [5.41, 5.74) is 0.917. The summed E-state index contributed by atoms with van der Waals surface area (Å²) in [6.07, 6.45) is 0.909. The number of hydrogen-bond donors (Lipinski definition) is 1. The molecule has 1 aliphatic heterocycles. The quantitative estimate of drug-likeness (QED) is 0.832. The number of Topliss-reactive ketones (excluding diaryl/α,β-unsaturated/α-hetero) is 1.